The highest BCUT2D eigenvalue weighted by atomic mass is 16.5. The Labute approximate surface area is 160 Å². The lowest BCUT2D eigenvalue weighted by atomic mass is 10.1. The third-order valence-electron chi connectivity index (χ3n) is 5.75. The molecule has 2 heterocycles. The maximum Gasteiger partial charge on any atom is 0.279 e. The number of carbonyl (C=O) groups is 1. The van der Waals surface area contributed by atoms with Crippen LogP contribution in [0.1, 0.15) is 49.1 Å². The number of benzene rings is 1. The third kappa shape index (κ3) is 3.86. The number of ether oxygens (including phenoxy) is 1. The van der Waals surface area contributed by atoms with Gasteiger partial charge < -0.3 is 15.0 Å². The third-order valence-corrected chi connectivity index (χ3v) is 5.75. The maximum absolute atomic E-state index is 13.4. The summed E-state index contributed by atoms with van der Waals surface area (Å²) >= 11 is 0. The molecule has 0 radical (unpaired) electrons. The summed E-state index contributed by atoms with van der Waals surface area (Å²) in [6.45, 7) is 4.12. The number of amides is 1. The summed E-state index contributed by atoms with van der Waals surface area (Å²) in [7, 11) is 1.65. The van der Waals surface area contributed by atoms with Gasteiger partial charge in [-0.05, 0) is 75.4 Å². The number of rotatable bonds is 6. The van der Waals surface area contributed by atoms with Crippen LogP contribution in [0.4, 0.5) is 5.69 Å². The molecule has 6 heteroatoms. The first-order valence-electron chi connectivity index (χ1n) is 9.91. The van der Waals surface area contributed by atoms with E-state index in [4.69, 9.17) is 4.74 Å². The number of carbonyl (C=O) groups excluding carboxylic acids is 1. The molecular formula is C21H28N4O2. The molecule has 2 fully saturated rings. The van der Waals surface area contributed by atoms with Crippen molar-refractivity contribution in [3.8, 4) is 5.75 Å². The average Bonchev–Trinajstić information content (AvgIpc) is 3.45. The maximum atomic E-state index is 13.4. The second-order valence-electron chi connectivity index (χ2n) is 7.63. The highest BCUT2D eigenvalue weighted by molar-refractivity contribution is 6.05. The van der Waals surface area contributed by atoms with Crippen LogP contribution < -0.4 is 15.0 Å². The van der Waals surface area contributed by atoms with E-state index in [-0.39, 0.29) is 11.9 Å². The van der Waals surface area contributed by atoms with E-state index in [0.717, 1.165) is 37.4 Å². The van der Waals surface area contributed by atoms with E-state index in [1.165, 1.54) is 12.8 Å². The molecule has 1 aromatic carbocycles. The fourth-order valence-corrected chi connectivity index (χ4v) is 3.91. The van der Waals surface area contributed by atoms with E-state index in [2.05, 4.69) is 17.3 Å². The van der Waals surface area contributed by atoms with Gasteiger partial charge in [-0.15, -0.1) is 0 Å². The van der Waals surface area contributed by atoms with Crippen LogP contribution in [-0.2, 0) is 0 Å². The zero-order chi connectivity index (χ0) is 18.8. The molecule has 27 heavy (non-hydrogen) atoms. The van der Waals surface area contributed by atoms with Crippen LogP contribution in [0.3, 0.4) is 0 Å². The van der Waals surface area contributed by atoms with Gasteiger partial charge in [0.2, 0.25) is 0 Å². The van der Waals surface area contributed by atoms with Gasteiger partial charge in [0, 0.05) is 24.5 Å². The molecule has 1 N–H and O–H groups in total. The number of methoxy groups -OCH3 is 1. The standard InChI is InChI=1S/C21H28N4O2/c1-15(16-5-6-16)25(17-7-9-19(27-2)10-8-17)21(26)20-11-13-24(23-20)18-4-3-12-22-14-18/h7-11,13,15-16,18,22H,3-6,12,14H2,1-2H3. The lowest BCUT2D eigenvalue weighted by Gasteiger charge is -2.29. The normalized spacial score (nSPS) is 20.9. The van der Waals surface area contributed by atoms with Gasteiger partial charge in [-0.1, -0.05) is 0 Å². The second-order valence-corrected chi connectivity index (χ2v) is 7.63. The van der Waals surface area contributed by atoms with Crippen LogP contribution in [0, 0.1) is 5.92 Å². The second kappa shape index (κ2) is 7.72. The Morgan fingerprint density at radius 3 is 2.67 bits per heavy atom. The highest BCUT2D eigenvalue weighted by Crippen LogP contribution is 2.37. The Morgan fingerprint density at radius 1 is 1.26 bits per heavy atom. The minimum Gasteiger partial charge on any atom is -0.497 e. The summed E-state index contributed by atoms with van der Waals surface area (Å²) in [6, 6.07) is 10.1. The first kappa shape index (κ1) is 18.0. The highest BCUT2D eigenvalue weighted by Gasteiger charge is 2.36. The van der Waals surface area contributed by atoms with E-state index < -0.39 is 0 Å². The summed E-state index contributed by atoms with van der Waals surface area (Å²) in [5, 5.41) is 8.04. The predicted octanol–water partition coefficient (Wildman–Crippen LogP) is 3.26. The van der Waals surface area contributed by atoms with Crippen LogP contribution in [-0.4, -0.2) is 41.9 Å². The molecule has 1 aliphatic carbocycles. The Kier molecular flexibility index (Phi) is 5.16. The fraction of sp³-hybridized carbons (Fsp3) is 0.524. The predicted molar refractivity (Wildman–Crippen MR) is 105 cm³/mol. The number of aromatic nitrogens is 2. The van der Waals surface area contributed by atoms with E-state index in [1.54, 1.807) is 7.11 Å². The smallest absolute Gasteiger partial charge is 0.279 e. The van der Waals surface area contributed by atoms with Crippen molar-refractivity contribution in [3.63, 3.8) is 0 Å². The van der Waals surface area contributed by atoms with Gasteiger partial charge >= 0.3 is 0 Å². The number of hydrogen-bond donors (Lipinski definition) is 1. The molecule has 2 aromatic rings. The number of piperidine rings is 1. The monoisotopic (exact) mass is 368 g/mol. The molecule has 4 rings (SSSR count). The molecule has 1 amide bonds. The van der Waals surface area contributed by atoms with Crippen LogP contribution >= 0.6 is 0 Å². The lowest BCUT2D eigenvalue weighted by Crippen LogP contribution is -2.40. The molecule has 1 saturated heterocycles. The van der Waals surface area contributed by atoms with Crippen molar-refractivity contribution in [2.24, 2.45) is 5.92 Å². The Balaban J connectivity index is 1.59. The van der Waals surface area contributed by atoms with Gasteiger partial charge in [-0.25, -0.2) is 0 Å². The van der Waals surface area contributed by atoms with E-state index in [0.29, 0.717) is 17.7 Å². The van der Waals surface area contributed by atoms with Crippen LogP contribution in [0.25, 0.3) is 0 Å². The molecule has 1 aromatic heterocycles. The van der Waals surface area contributed by atoms with E-state index in [9.17, 15) is 4.79 Å². The Hall–Kier alpha value is -2.34. The minimum absolute atomic E-state index is 0.0258. The van der Waals surface area contributed by atoms with Crippen molar-refractivity contribution < 1.29 is 9.53 Å². The topological polar surface area (TPSA) is 59.4 Å². The van der Waals surface area contributed by atoms with Gasteiger partial charge in [-0.2, -0.15) is 5.10 Å². The summed E-state index contributed by atoms with van der Waals surface area (Å²) in [4.78, 5) is 15.3. The van der Waals surface area contributed by atoms with E-state index >= 15 is 0 Å². The summed E-state index contributed by atoms with van der Waals surface area (Å²) in [5.41, 5.74) is 1.41. The molecule has 0 spiro atoms. The quantitative estimate of drug-likeness (QED) is 0.850. The molecule has 2 unspecified atom stereocenters. The van der Waals surface area contributed by atoms with Crippen molar-refractivity contribution in [3.05, 3.63) is 42.2 Å². The van der Waals surface area contributed by atoms with Crippen LogP contribution in [0.2, 0.25) is 0 Å². The largest absolute Gasteiger partial charge is 0.497 e. The van der Waals surface area contributed by atoms with Crippen molar-refractivity contribution in [1.82, 2.24) is 15.1 Å². The van der Waals surface area contributed by atoms with Crippen LogP contribution in [0.15, 0.2) is 36.5 Å². The number of anilines is 1. The SMILES string of the molecule is COc1ccc(N(C(=O)c2ccn(C3CCCNC3)n2)C(C)C2CC2)cc1. The minimum atomic E-state index is -0.0258. The number of hydrogen-bond acceptors (Lipinski definition) is 4. The summed E-state index contributed by atoms with van der Waals surface area (Å²) in [5.74, 6) is 1.34. The molecule has 1 saturated carbocycles. The summed E-state index contributed by atoms with van der Waals surface area (Å²) < 4.78 is 7.21. The van der Waals surface area contributed by atoms with Crippen molar-refractivity contribution in [2.45, 2.75) is 44.7 Å². The zero-order valence-corrected chi connectivity index (χ0v) is 16.1. The molecule has 6 nitrogen and oxygen atoms in total. The van der Waals surface area contributed by atoms with Gasteiger partial charge in [-0.3, -0.25) is 9.48 Å². The Morgan fingerprint density at radius 2 is 2.04 bits per heavy atom. The van der Waals surface area contributed by atoms with Crippen molar-refractivity contribution in [1.29, 1.82) is 0 Å². The van der Waals surface area contributed by atoms with Gasteiger partial charge in [0.25, 0.3) is 5.91 Å². The fourth-order valence-electron chi connectivity index (χ4n) is 3.91. The first-order chi connectivity index (χ1) is 13.2. The van der Waals surface area contributed by atoms with E-state index in [1.807, 2.05) is 46.1 Å². The molecule has 144 valence electrons. The van der Waals surface area contributed by atoms with Gasteiger partial charge in [0.1, 0.15) is 5.75 Å². The molecule has 2 atom stereocenters. The van der Waals surface area contributed by atoms with Gasteiger partial charge in [0.05, 0.1) is 13.2 Å². The lowest BCUT2D eigenvalue weighted by molar-refractivity contribution is 0.0969. The molecule has 0 bridgehead atoms. The molecule has 1 aliphatic heterocycles. The van der Waals surface area contributed by atoms with Crippen molar-refractivity contribution >= 4 is 11.6 Å². The van der Waals surface area contributed by atoms with Gasteiger partial charge in [0.15, 0.2) is 5.69 Å². The number of nitrogens with zero attached hydrogens (tertiary/aromatic N) is 3. The zero-order valence-electron chi connectivity index (χ0n) is 16.1. The molecule has 2 aliphatic rings. The number of nitrogens with one attached hydrogen (secondary N) is 1. The van der Waals surface area contributed by atoms with Crippen molar-refractivity contribution in [2.75, 3.05) is 25.1 Å². The first-order valence-corrected chi connectivity index (χ1v) is 9.91. The van der Waals surface area contributed by atoms with Crippen LogP contribution in [0.5, 0.6) is 5.75 Å². The summed E-state index contributed by atoms with van der Waals surface area (Å²) in [6.07, 6.45) is 6.55. The molecular weight excluding hydrogens is 340 g/mol. The average molecular weight is 368 g/mol. The Bertz CT molecular complexity index is 776.